The molecule has 0 saturated carbocycles. The molecule has 1 aromatic heterocycles. The standard InChI is InChI=1S/C22H29ClN2O4S/c1-29-22(26)8-2-5-18(9-10-19-7-3-15-24-17-19)6-4-16-25-30(27,28)21-13-11-20(23)12-14-21/h3,7,11-15,17-18,25H,2,4-6,8-10,16H2,1H3. The summed E-state index contributed by atoms with van der Waals surface area (Å²) in [6.07, 6.45) is 9.18. The van der Waals surface area contributed by atoms with E-state index in [1.165, 1.54) is 24.8 Å². The molecule has 0 aliphatic carbocycles. The van der Waals surface area contributed by atoms with Crippen molar-refractivity contribution in [3.63, 3.8) is 0 Å². The maximum Gasteiger partial charge on any atom is 0.305 e. The van der Waals surface area contributed by atoms with Crippen molar-refractivity contribution in [3.8, 4) is 0 Å². The average molecular weight is 453 g/mol. The van der Waals surface area contributed by atoms with Gasteiger partial charge in [0.25, 0.3) is 0 Å². The molecule has 0 amide bonds. The van der Waals surface area contributed by atoms with E-state index >= 15 is 0 Å². The first kappa shape index (κ1) is 24.3. The zero-order chi connectivity index (χ0) is 21.8. The van der Waals surface area contributed by atoms with E-state index in [2.05, 4.69) is 15.8 Å². The molecule has 1 N–H and O–H groups in total. The van der Waals surface area contributed by atoms with Crippen molar-refractivity contribution in [2.45, 2.75) is 49.8 Å². The normalized spacial score (nSPS) is 12.5. The highest BCUT2D eigenvalue weighted by Crippen LogP contribution is 2.21. The molecule has 0 spiro atoms. The van der Waals surface area contributed by atoms with Gasteiger partial charge in [-0.1, -0.05) is 17.7 Å². The summed E-state index contributed by atoms with van der Waals surface area (Å²) < 4.78 is 32.1. The van der Waals surface area contributed by atoms with Crippen LogP contribution in [0.5, 0.6) is 0 Å². The number of nitrogens with one attached hydrogen (secondary N) is 1. The molecule has 1 aromatic carbocycles. The fourth-order valence-corrected chi connectivity index (χ4v) is 4.48. The molecule has 164 valence electrons. The Hall–Kier alpha value is -1.96. The second-order valence-corrected chi connectivity index (χ2v) is 9.43. The molecular formula is C22H29ClN2O4S. The Balaban J connectivity index is 1.82. The van der Waals surface area contributed by atoms with Crippen molar-refractivity contribution in [1.82, 2.24) is 9.71 Å². The molecule has 0 fully saturated rings. The van der Waals surface area contributed by atoms with E-state index < -0.39 is 10.0 Å². The van der Waals surface area contributed by atoms with E-state index in [0.29, 0.717) is 23.9 Å². The zero-order valence-electron chi connectivity index (χ0n) is 17.2. The first-order chi connectivity index (χ1) is 14.4. The molecule has 1 atom stereocenters. The van der Waals surface area contributed by atoms with Gasteiger partial charge in [-0.15, -0.1) is 0 Å². The highest BCUT2D eigenvalue weighted by atomic mass is 35.5. The molecule has 6 nitrogen and oxygen atoms in total. The molecule has 0 aliphatic heterocycles. The first-order valence-electron chi connectivity index (χ1n) is 10.1. The van der Waals surface area contributed by atoms with Crippen LogP contribution < -0.4 is 4.72 Å². The smallest absolute Gasteiger partial charge is 0.305 e. The zero-order valence-corrected chi connectivity index (χ0v) is 18.8. The Morgan fingerprint density at radius 3 is 2.53 bits per heavy atom. The molecule has 2 rings (SSSR count). The molecule has 1 unspecified atom stereocenters. The monoisotopic (exact) mass is 452 g/mol. The second-order valence-electron chi connectivity index (χ2n) is 7.23. The second kappa shape index (κ2) is 12.7. The van der Waals surface area contributed by atoms with Crippen molar-refractivity contribution in [2.24, 2.45) is 5.92 Å². The van der Waals surface area contributed by atoms with Gasteiger partial charge in [-0.2, -0.15) is 0 Å². The Labute approximate surface area is 184 Å². The molecule has 30 heavy (non-hydrogen) atoms. The number of sulfonamides is 1. The van der Waals surface area contributed by atoms with Gasteiger partial charge in [-0.05, 0) is 80.3 Å². The minimum absolute atomic E-state index is 0.197. The van der Waals surface area contributed by atoms with Crippen LogP contribution >= 0.6 is 11.6 Å². The van der Waals surface area contributed by atoms with Gasteiger partial charge < -0.3 is 4.74 Å². The number of hydrogen-bond acceptors (Lipinski definition) is 5. The van der Waals surface area contributed by atoms with Crippen LogP contribution in [-0.2, 0) is 26.0 Å². The summed E-state index contributed by atoms with van der Waals surface area (Å²) in [5.74, 6) is 0.201. The number of rotatable bonds is 13. The van der Waals surface area contributed by atoms with Gasteiger partial charge in [0, 0.05) is 30.4 Å². The number of pyridine rings is 1. The molecule has 0 aliphatic rings. The lowest BCUT2D eigenvalue weighted by atomic mass is 9.91. The third-order valence-corrected chi connectivity index (χ3v) is 6.72. The van der Waals surface area contributed by atoms with Crippen molar-refractivity contribution in [3.05, 3.63) is 59.4 Å². The largest absolute Gasteiger partial charge is 0.469 e. The minimum atomic E-state index is -3.54. The number of esters is 1. The van der Waals surface area contributed by atoms with Gasteiger partial charge in [0.15, 0.2) is 0 Å². The number of aromatic nitrogens is 1. The Morgan fingerprint density at radius 2 is 1.87 bits per heavy atom. The van der Waals surface area contributed by atoms with Crippen LogP contribution in [0.3, 0.4) is 0 Å². The van der Waals surface area contributed by atoms with Crippen LogP contribution in [0.15, 0.2) is 53.7 Å². The van der Waals surface area contributed by atoms with Crippen LogP contribution in [0.25, 0.3) is 0 Å². The molecule has 0 radical (unpaired) electrons. The number of hydrogen-bond donors (Lipinski definition) is 1. The lowest BCUT2D eigenvalue weighted by molar-refractivity contribution is -0.140. The summed E-state index contributed by atoms with van der Waals surface area (Å²) in [7, 11) is -2.14. The number of nitrogens with zero attached hydrogens (tertiary/aromatic N) is 1. The Bertz CT molecular complexity index is 874. The highest BCUT2D eigenvalue weighted by molar-refractivity contribution is 7.89. The summed E-state index contributed by atoms with van der Waals surface area (Å²) in [5, 5.41) is 0.498. The third kappa shape index (κ3) is 8.81. The highest BCUT2D eigenvalue weighted by Gasteiger charge is 2.15. The number of halogens is 1. The molecule has 2 aromatic rings. The Kier molecular flexibility index (Phi) is 10.3. The van der Waals surface area contributed by atoms with Gasteiger partial charge in [-0.3, -0.25) is 9.78 Å². The van der Waals surface area contributed by atoms with Gasteiger partial charge >= 0.3 is 5.97 Å². The number of methoxy groups -OCH3 is 1. The van der Waals surface area contributed by atoms with Crippen LogP contribution in [0.2, 0.25) is 5.02 Å². The number of ether oxygens (including phenoxy) is 1. The Morgan fingerprint density at radius 1 is 1.13 bits per heavy atom. The number of carbonyl (C=O) groups excluding carboxylic acids is 1. The predicted molar refractivity (Wildman–Crippen MR) is 118 cm³/mol. The summed E-state index contributed by atoms with van der Waals surface area (Å²) in [6.45, 7) is 0.366. The molecule has 8 heteroatoms. The van der Waals surface area contributed by atoms with Gasteiger partial charge in [-0.25, -0.2) is 13.1 Å². The van der Waals surface area contributed by atoms with Crippen molar-refractivity contribution < 1.29 is 17.9 Å². The van der Waals surface area contributed by atoms with Crippen molar-refractivity contribution in [1.29, 1.82) is 0 Å². The van der Waals surface area contributed by atoms with Crippen LogP contribution in [0.4, 0.5) is 0 Å². The first-order valence-corrected chi connectivity index (χ1v) is 12.0. The van der Waals surface area contributed by atoms with Crippen LogP contribution in [-0.4, -0.2) is 33.0 Å². The van der Waals surface area contributed by atoms with Gasteiger partial charge in [0.2, 0.25) is 10.0 Å². The summed E-state index contributed by atoms with van der Waals surface area (Å²) in [5.41, 5.74) is 1.18. The molecule has 0 bridgehead atoms. The fraction of sp³-hybridized carbons (Fsp3) is 0.455. The van der Waals surface area contributed by atoms with E-state index in [0.717, 1.165) is 38.5 Å². The van der Waals surface area contributed by atoms with E-state index in [4.69, 9.17) is 16.3 Å². The number of aryl methyl sites for hydroxylation is 1. The fourth-order valence-electron chi connectivity index (χ4n) is 3.28. The minimum Gasteiger partial charge on any atom is -0.469 e. The average Bonchev–Trinajstić information content (AvgIpc) is 2.75. The quantitative estimate of drug-likeness (QED) is 0.360. The van der Waals surface area contributed by atoms with Crippen LogP contribution in [0, 0.1) is 5.92 Å². The SMILES string of the molecule is COC(=O)CCCC(CCCNS(=O)(=O)c1ccc(Cl)cc1)CCc1cccnc1. The molecular weight excluding hydrogens is 424 g/mol. The van der Waals surface area contributed by atoms with E-state index in [9.17, 15) is 13.2 Å². The van der Waals surface area contributed by atoms with E-state index in [-0.39, 0.29) is 10.9 Å². The topological polar surface area (TPSA) is 85.4 Å². The van der Waals surface area contributed by atoms with Crippen LogP contribution in [0.1, 0.15) is 44.1 Å². The van der Waals surface area contributed by atoms with E-state index in [1.54, 1.807) is 18.3 Å². The maximum atomic E-state index is 12.4. The summed E-state index contributed by atoms with van der Waals surface area (Å²) in [4.78, 5) is 15.7. The number of benzene rings is 1. The van der Waals surface area contributed by atoms with Gasteiger partial charge in [0.05, 0.1) is 12.0 Å². The third-order valence-electron chi connectivity index (χ3n) is 4.99. The van der Waals surface area contributed by atoms with Crippen molar-refractivity contribution in [2.75, 3.05) is 13.7 Å². The predicted octanol–water partition coefficient (Wildman–Crippen LogP) is 4.39. The lowest BCUT2D eigenvalue weighted by Crippen LogP contribution is -2.25. The molecule has 1 heterocycles. The lowest BCUT2D eigenvalue weighted by Gasteiger charge is -2.17. The molecule has 0 saturated heterocycles. The van der Waals surface area contributed by atoms with Gasteiger partial charge in [0.1, 0.15) is 0 Å². The van der Waals surface area contributed by atoms with E-state index in [1.807, 2.05) is 12.3 Å². The summed E-state index contributed by atoms with van der Waals surface area (Å²) in [6, 6.07) is 10.1. The summed E-state index contributed by atoms with van der Waals surface area (Å²) >= 11 is 5.82. The number of carbonyl (C=O) groups is 1. The maximum absolute atomic E-state index is 12.4. The van der Waals surface area contributed by atoms with Crippen molar-refractivity contribution >= 4 is 27.6 Å².